The molecule has 3 rings (SSSR count). The van der Waals surface area contributed by atoms with Gasteiger partial charge in [0.2, 0.25) is 0 Å². The third-order valence-corrected chi connectivity index (χ3v) is 6.68. The first-order valence-electron chi connectivity index (χ1n) is 10.1. The van der Waals surface area contributed by atoms with Crippen molar-refractivity contribution < 1.29 is 4.74 Å². The summed E-state index contributed by atoms with van der Waals surface area (Å²) in [5, 5.41) is 9.87. The number of aryl methyl sites for hydroxylation is 2. The lowest BCUT2D eigenvalue weighted by Gasteiger charge is -2.09. The molecule has 4 nitrogen and oxygen atoms in total. The molecule has 1 heterocycles. The highest BCUT2D eigenvalue weighted by Crippen LogP contribution is 2.25. The van der Waals surface area contributed by atoms with Gasteiger partial charge in [-0.3, -0.25) is 0 Å². The summed E-state index contributed by atoms with van der Waals surface area (Å²) in [6.07, 6.45) is 2.14. The molecule has 0 amide bonds. The molecular weight excluding hydrogens is 398 g/mol. The van der Waals surface area contributed by atoms with Crippen LogP contribution in [0.3, 0.4) is 0 Å². The van der Waals surface area contributed by atoms with Gasteiger partial charge in [0.25, 0.3) is 0 Å². The first-order valence-corrected chi connectivity index (χ1v) is 12.1. The fourth-order valence-electron chi connectivity index (χ4n) is 2.90. The van der Waals surface area contributed by atoms with E-state index < -0.39 is 0 Å². The molecule has 29 heavy (non-hydrogen) atoms. The molecule has 2 aromatic carbocycles. The van der Waals surface area contributed by atoms with Gasteiger partial charge in [0.05, 0.1) is 12.4 Å². The summed E-state index contributed by atoms with van der Waals surface area (Å²) < 4.78 is 8.11. The maximum absolute atomic E-state index is 5.87. The van der Waals surface area contributed by atoms with Crippen LogP contribution in [0.2, 0.25) is 0 Å². The van der Waals surface area contributed by atoms with Gasteiger partial charge in [-0.05, 0) is 57.4 Å². The van der Waals surface area contributed by atoms with Crippen LogP contribution in [0.1, 0.15) is 36.7 Å². The van der Waals surface area contributed by atoms with Gasteiger partial charge in [0.1, 0.15) is 11.6 Å². The van der Waals surface area contributed by atoms with Crippen molar-refractivity contribution in [3.05, 3.63) is 65.5 Å². The monoisotopic (exact) mass is 427 g/mol. The molecule has 6 heteroatoms. The fraction of sp³-hybridized carbons (Fsp3) is 0.391. The second kappa shape index (κ2) is 11.3. The van der Waals surface area contributed by atoms with Crippen molar-refractivity contribution in [2.45, 2.75) is 56.0 Å². The van der Waals surface area contributed by atoms with E-state index in [-0.39, 0.29) is 0 Å². The molecule has 1 aromatic heterocycles. The number of hydrogen-bond acceptors (Lipinski definition) is 5. The molecule has 154 valence electrons. The summed E-state index contributed by atoms with van der Waals surface area (Å²) in [6, 6.07) is 16.8. The summed E-state index contributed by atoms with van der Waals surface area (Å²) in [5.41, 5.74) is 2.48. The topological polar surface area (TPSA) is 39.9 Å². The molecule has 3 aromatic rings. The first kappa shape index (κ1) is 21.8. The van der Waals surface area contributed by atoms with Crippen LogP contribution >= 0.6 is 23.5 Å². The van der Waals surface area contributed by atoms with Crippen molar-refractivity contribution in [1.82, 2.24) is 14.8 Å². The van der Waals surface area contributed by atoms with Crippen molar-refractivity contribution in [3.8, 4) is 5.75 Å². The van der Waals surface area contributed by atoms with Crippen molar-refractivity contribution in [2.75, 3.05) is 12.4 Å². The molecule has 0 saturated carbocycles. The molecule has 0 fully saturated rings. The van der Waals surface area contributed by atoms with E-state index in [0.717, 1.165) is 54.2 Å². The number of benzene rings is 2. The first-order chi connectivity index (χ1) is 14.2. The van der Waals surface area contributed by atoms with Gasteiger partial charge in [-0.2, -0.15) is 0 Å². The molecular formula is C23H29N3OS2. The zero-order chi connectivity index (χ0) is 20.5. The molecule has 0 aliphatic carbocycles. The Labute approximate surface area is 182 Å². The fourth-order valence-corrected chi connectivity index (χ4v) is 4.76. The van der Waals surface area contributed by atoms with Crippen LogP contribution in [0.25, 0.3) is 0 Å². The second-order valence-corrected chi connectivity index (χ2v) is 9.03. The van der Waals surface area contributed by atoms with E-state index in [1.807, 2.05) is 30.0 Å². The number of para-hydroxylation sites is 1. The highest BCUT2D eigenvalue weighted by molar-refractivity contribution is 7.99. The van der Waals surface area contributed by atoms with Crippen molar-refractivity contribution in [2.24, 2.45) is 0 Å². The summed E-state index contributed by atoms with van der Waals surface area (Å²) in [5.74, 6) is 3.90. The van der Waals surface area contributed by atoms with Crippen molar-refractivity contribution in [1.29, 1.82) is 0 Å². The molecule has 0 aliphatic heterocycles. The SMILES string of the molecule is CCn1c(CSc2ccc(C)cc2)nnc1SCCCCOc1ccccc1C. The van der Waals surface area contributed by atoms with Crippen LogP contribution in [0.5, 0.6) is 5.75 Å². The van der Waals surface area contributed by atoms with Crippen molar-refractivity contribution >= 4 is 23.5 Å². The summed E-state index contributed by atoms with van der Waals surface area (Å²) in [7, 11) is 0. The standard InChI is InChI=1S/C23H29N3OS2/c1-4-26-22(17-29-20-13-11-18(2)12-14-20)24-25-23(26)28-16-8-7-15-27-21-10-6-5-9-19(21)3/h5-6,9-14H,4,7-8,15-17H2,1-3H3. The Morgan fingerprint density at radius 3 is 2.48 bits per heavy atom. The molecule has 0 N–H and O–H groups in total. The minimum absolute atomic E-state index is 0.754. The Morgan fingerprint density at radius 2 is 1.72 bits per heavy atom. The van der Waals surface area contributed by atoms with E-state index in [4.69, 9.17) is 4.74 Å². The highest BCUT2D eigenvalue weighted by atomic mass is 32.2. The van der Waals surface area contributed by atoms with Crippen LogP contribution in [0.15, 0.2) is 58.6 Å². The summed E-state index contributed by atoms with van der Waals surface area (Å²) in [4.78, 5) is 1.27. The van der Waals surface area contributed by atoms with Crippen LogP contribution in [0, 0.1) is 13.8 Å². The van der Waals surface area contributed by atoms with Gasteiger partial charge in [0, 0.05) is 17.2 Å². The average molecular weight is 428 g/mol. The number of ether oxygens (including phenoxy) is 1. The van der Waals surface area contributed by atoms with Gasteiger partial charge in [-0.1, -0.05) is 47.7 Å². The molecule has 0 unspecified atom stereocenters. The predicted octanol–water partition coefficient (Wildman–Crippen LogP) is 6.16. The molecule has 0 bridgehead atoms. The second-order valence-electron chi connectivity index (χ2n) is 6.91. The Morgan fingerprint density at radius 1 is 0.931 bits per heavy atom. The Hall–Kier alpha value is -1.92. The number of aromatic nitrogens is 3. The van der Waals surface area contributed by atoms with E-state index in [1.54, 1.807) is 11.8 Å². The summed E-state index contributed by atoms with van der Waals surface area (Å²) >= 11 is 3.60. The van der Waals surface area contributed by atoms with Gasteiger partial charge in [-0.15, -0.1) is 22.0 Å². The van der Waals surface area contributed by atoms with Gasteiger partial charge in [0.15, 0.2) is 5.16 Å². The highest BCUT2D eigenvalue weighted by Gasteiger charge is 2.11. The third kappa shape index (κ3) is 6.54. The number of thioether (sulfide) groups is 2. The average Bonchev–Trinajstić information content (AvgIpc) is 3.13. The number of nitrogens with zero attached hydrogens (tertiary/aromatic N) is 3. The summed E-state index contributed by atoms with van der Waals surface area (Å²) in [6.45, 7) is 8.00. The van der Waals surface area contributed by atoms with Crippen LogP contribution in [0.4, 0.5) is 0 Å². The van der Waals surface area contributed by atoms with E-state index in [1.165, 1.54) is 16.0 Å². The lowest BCUT2D eigenvalue weighted by atomic mass is 10.2. The number of hydrogen-bond donors (Lipinski definition) is 0. The normalized spacial score (nSPS) is 11.0. The largest absolute Gasteiger partial charge is 0.493 e. The lowest BCUT2D eigenvalue weighted by Crippen LogP contribution is -2.03. The van der Waals surface area contributed by atoms with Gasteiger partial charge in [-0.25, -0.2) is 0 Å². The maximum atomic E-state index is 5.87. The smallest absolute Gasteiger partial charge is 0.191 e. The third-order valence-electron chi connectivity index (χ3n) is 4.62. The zero-order valence-electron chi connectivity index (χ0n) is 17.4. The lowest BCUT2D eigenvalue weighted by molar-refractivity contribution is 0.308. The van der Waals surface area contributed by atoms with E-state index in [0.29, 0.717) is 0 Å². The Balaban J connectivity index is 1.41. The van der Waals surface area contributed by atoms with Crippen molar-refractivity contribution in [3.63, 3.8) is 0 Å². The maximum Gasteiger partial charge on any atom is 0.191 e. The molecule has 0 radical (unpaired) electrons. The molecule has 0 atom stereocenters. The minimum Gasteiger partial charge on any atom is -0.493 e. The van der Waals surface area contributed by atoms with Crippen LogP contribution in [-0.4, -0.2) is 27.1 Å². The predicted molar refractivity (Wildman–Crippen MR) is 123 cm³/mol. The molecule has 0 aliphatic rings. The van der Waals surface area contributed by atoms with Gasteiger partial charge < -0.3 is 9.30 Å². The zero-order valence-corrected chi connectivity index (χ0v) is 19.1. The van der Waals surface area contributed by atoms with Crippen LogP contribution < -0.4 is 4.74 Å². The Kier molecular flexibility index (Phi) is 8.50. The van der Waals surface area contributed by atoms with E-state index in [2.05, 4.69) is 65.9 Å². The molecule has 0 saturated heterocycles. The molecule has 0 spiro atoms. The van der Waals surface area contributed by atoms with E-state index in [9.17, 15) is 0 Å². The quantitative estimate of drug-likeness (QED) is 0.271. The number of unbranched alkanes of at least 4 members (excludes halogenated alkanes) is 1. The van der Waals surface area contributed by atoms with E-state index >= 15 is 0 Å². The minimum atomic E-state index is 0.754. The van der Waals surface area contributed by atoms with Crippen LogP contribution in [-0.2, 0) is 12.3 Å². The Bertz CT molecular complexity index is 893. The van der Waals surface area contributed by atoms with Gasteiger partial charge >= 0.3 is 0 Å². The number of rotatable bonds is 11.